The number of aliphatic hydroxyl groups is 1. The van der Waals surface area contributed by atoms with Crippen molar-refractivity contribution in [2.75, 3.05) is 0 Å². The largest absolute Gasteiger partial charge is 0.461 e. The van der Waals surface area contributed by atoms with E-state index in [1.807, 2.05) is 0 Å². The van der Waals surface area contributed by atoms with Crippen LogP contribution in [0.25, 0.3) is 11.0 Å². The van der Waals surface area contributed by atoms with Crippen molar-refractivity contribution in [1.29, 1.82) is 0 Å². The Balaban J connectivity index is 2.66. The highest BCUT2D eigenvalue weighted by Gasteiger charge is 2.08. The van der Waals surface area contributed by atoms with Crippen molar-refractivity contribution in [2.24, 2.45) is 0 Å². The normalized spacial score (nSPS) is 13.5. The summed E-state index contributed by atoms with van der Waals surface area (Å²) in [5.74, 6) is 0. The quantitative estimate of drug-likeness (QED) is 0.764. The molecule has 0 saturated carbocycles. The van der Waals surface area contributed by atoms with Gasteiger partial charge in [0.05, 0.1) is 23.0 Å². The van der Waals surface area contributed by atoms with Crippen LogP contribution in [0.3, 0.4) is 0 Å². The van der Waals surface area contributed by atoms with E-state index in [0.717, 1.165) is 5.39 Å². The first-order valence-electron chi connectivity index (χ1n) is 3.89. The minimum absolute atomic E-state index is 0.541. The number of pyridine rings is 1. The van der Waals surface area contributed by atoms with Crippen molar-refractivity contribution >= 4 is 22.6 Å². The molecule has 2 heterocycles. The van der Waals surface area contributed by atoms with E-state index >= 15 is 0 Å². The van der Waals surface area contributed by atoms with Crippen LogP contribution in [0.2, 0.25) is 5.02 Å². The van der Waals surface area contributed by atoms with E-state index in [2.05, 4.69) is 4.98 Å². The fourth-order valence-corrected chi connectivity index (χ4v) is 1.34. The molecule has 0 aliphatic rings. The minimum atomic E-state index is -0.588. The number of furan rings is 1. The van der Waals surface area contributed by atoms with E-state index < -0.39 is 6.10 Å². The molecular weight excluding hydrogens is 190 g/mol. The smallest absolute Gasteiger partial charge is 0.153 e. The Hall–Kier alpha value is -1.06. The van der Waals surface area contributed by atoms with Crippen molar-refractivity contribution in [2.45, 2.75) is 13.0 Å². The van der Waals surface area contributed by atoms with Gasteiger partial charge in [-0.05, 0) is 13.0 Å². The van der Waals surface area contributed by atoms with Crippen LogP contribution < -0.4 is 0 Å². The third-order valence-electron chi connectivity index (χ3n) is 1.86. The highest BCUT2D eigenvalue weighted by atomic mass is 35.5. The number of aromatic nitrogens is 1. The minimum Gasteiger partial charge on any atom is -0.461 e. The molecule has 0 aliphatic carbocycles. The van der Waals surface area contributed by atoms with Gasteiger partial charge in [-0.1, -0.05) is 11.6 Å². The Labute approximate surface area is 80.0 Å². The number of hydrogen-bond donors (Lipinski definition) is 1. The number of nitrogens with zero attached hydrogens (tertiary/aromatic N) is 1. The summed E-state index contributed by atoms with van der Waals surface area (Å²) in [6.45, 7) is 1.65. The Morgan fingerprint density at radius 3 is 3.08 bits per heavy atom. The molecular formula is C9H8ClNO2. The predicted octanol–water partition coefficient (Wildman–Crippen LogP) is 2.53. The summed E-state index contributed by atoms with van der Waals surface area (Å²) in [7, 11) is 0. The summed E-state index contributed by atoms with van der Waals surface area (Å²) in [5.41, 5.74) is 1.23. The van der Waals surface area contributed by atoms with Gasteiger partial charge in [-0.25, -0.2) is 0 Å². The molecule has 2 rings (SSSR count). The molecule has 1 atom stereocenters. The molecule has 0 amide bonds. The number of halogens is 1. The van der Waals surface area contributed by atoms with Gasteiger partial charge in [-0.3, -0.25) is 4.98 Å². The van der Waals surface area contributed by atoms with Gasteiger partial charge < -0.3 is 9.52 Å². The third kappa shape index (κ3) is 1.41. The van der Waals surface area contributed by atoms with Crippen LogP contribution in [0.5, 0.6) is 0 Å². The summed E-state index contributed by atoms with van der Waals surface area (Å²) < 4.78 is 5.11. The zero-order valence-corrected chi connectivity index (χ0v) is 7.75. The molecule has 0 saturated heterocycles. The second kappa shape index (κ2) is 3.01. The lowest BCUT2D eigenvalue weighted by Gasteiger charge is -2.01. The predicted molar refractivity (Wildman–Crippen MR) is 49.7 cm³/mol. The fourth-order valence-electron chi connectivity index (χ4n) is 1.15. The van der Waals surface area contributed by atoms with Crippen molar-refractivity contribution in [3.05, 3.63) is 29.2 Å². The van der Waals surface area contributed by atoms with E-state index in [0.29, 0.717) is 16.3 Å². The summed E-state index contributed by atoms with van der Waals surface area (Å²) in [6, 6.07) is 1.73. The summed E-state index contributed by atoms with van der Waals surface area (Å²) in [5, 5.41) is 10.6. The number of rotatable bonds is 1. The lowest BCUT2D eigenvalue weighted by atomic mass is 10.2. The van der Waals surface area contributed by atoms with Gasteiger partial charge in [0.1, 0.15) is 6.26 Å². The van der Waals surface area contributed by atoms with E-state index in [1.165, 1.54) is 6.26 Å². The molecule has 2 aromatic rings. The topological polar surface area (TPSA) is 46.3 Å². The first-order chi connectivity index (χ1) is 6.18. The van der Waals surface area contributed by atoms with Gasteiger partial charge in [-0.15, -0.1) is 0 Å². The molecule has 2 aromatic heterocycles. The van der Waals surface area contributed by atoms with Crippen LogP contribution in [0.15, 0.2) is 22.9 Å². The zero-order chi connectivity index (χ0) is 9.42. The average molecular weight is 198 g/mol. The monoisotopic (exact) mass is 197 g/mol. The molecule has 4 heteroatoms. The van der Waals surface area contributed by atoms with Gasteiger partial charge in [0.2, 0.25) is 0 Å². The van der Waals surface area contributed by atoms with E-state index in [1.54, 1.807) is 19.2 Å². The van der Waals surface area contributed by atoms with E-state index in [-0.39, 0.29) is 0 Å². The van der Waals surface area contributed by atoms with Gasteiger partial charge >= 0.3 is 0 Å². The van der Waals surface area contributed by atoms with Crippen molar-refractivity contribution in [3.63, 3.8) is 0 Å². The summed E-state index contributed by atoms with van der Waals surface area (Å²) >= 11 is 5.85. The Bertz CT molecular complexity index is 436. The Morgan fingerprint density at radius 2 is 2.38 bits per heavy atom. The zero-order valence-electron chi connectivity index (χ0n) is 6.99. The fraction of sp³-hybridized carbons (Fsp3) is 0.222. The lowest BCUT2D eigenvalue weighted by molar-refractivity contribution is 0.194. The second-order valence-corrected chi connectivity index (χ2v) is 3.27. The van der Waals surface area contributed by atoms with Crippen LogP contribution in [0, 0.1) is 0 Å². The molecule has 0 spiro atoms. The third-order valence-corrected chi connectivity index (χ3v) is 2.16. The highest BCUT2D eigenvalue weighted by Crippen LogP contribution is 2.26. The van der Waals surface area contributed by atoms with Crippen LogP contribution in [-0.2, 0) is 0 Å². The highest BCUT2D eigenvalue weighted by molar-refractivity contribution is 6.35. The van der Waals surface area contributed by atoms with Crippen molar-refractivity contribution in [1.82, 2.24) is 4.98 Å². The van der Waals surface area contributed by atoms with Crippen LogP contribution in [0.4, 0.5) is 0 Å². The molecule has 1 unspecified atom stereocenters. The first-order valence-corrected chi connectivity index (χ1v) is 4.27. The molecule has 0 aromatic carbocycles. The molecule has 13 heavy (non-hydrogen) atoms. The molecule has 0 radical (unpaired) electrons. The molecule has 3 nitrogen and oxygen atoms in total. The number of aliphatic hydroxyl groups excluding tert-OH is 1. The van der Waals surface area contributed by atoms with Gasteiger partial charge in [0, 0.05) is 5.39 Å². The van der Waals surface area contributed by atoms with Crippen molar-refractivity contribution < 1.29 is 9.52 Å². The summed E-state index contributed by atoms with van der Waals surface area (Å²) in [4.78, 5) is 4.02. The summed E-state index contributed by atoms with van der Waals surface area (Å²) in [6.07, 6.45) is 2.43. The van der Waals surface area contributed by atoms with Crippen LogP contribution in [-0.4, -0.2) is 10.1 Å². The van der Waals surface area contributed by atoms with Gasteiger partial charge in [-0.2, -0.15) is 0 Å². The SMILES string of the molecule is CC(O)c1cc2c(Cl)coc2cn1. The standard InChI is InChI=1S/C9H8ClNO2/c1-5(12)8-2-6-7(10)4-13-9(6)3-11-8/h2-5,12H,1H3. The van der Waals surface area contributed by atoms with E-state index in [4.69, 9.17) is 16.0 Å². The Morgan fingerprint density at radius 1 is 1.62 bits per heavy atom. The average Bonchev–Trinajstić information content (AvgIpc) is 2.47. The molecule has 0 fully saturated rings. The molecule has 0 aliphatic heterocycles. The maximum atomic E-state index is 9.28. The van der Waals surface area contributed by atoms with Crippen LogP contribution in [0.1, 0.15) is 18.7 Å². The van der Waals surface area contributed by atoms with E-state index in [9.17, 15) is 5.11 Å². The van der Waals surface area contributed by atoms with Gasteiger partial charge in [0.25, 0.3) is 0 Å². The maximum absolute atomic E-state index is 9.28. The molecule has 0 bridgehead atoms. The number of fused-ring (bicyclic) bond motifs is 1. The van der Waals surface area contributed by atoms with Crippen LogP contribution >= 0.6 is 11.6 Å². The molecule has 1 N–H and O–H groups in total. The maximum Gasteiger partial charge on any atom is 0.153 e. The van der Waals surface area contributed by atoms with Crippen molar-refractivity contribution in [3.8, 4) is 0 Å². The molecule has 68 valence electrons. The lowest BCUT2D eigenvalue weighted by Crippen LogP contribution is -1.93. The number of hydrogen-bond acceptors (Lipinski definition) is 3. The second-order valence-electron chi connectivity index (χ2n) is 2.86. The Kier molecular flexibility index (Phi) is 1.98. The van der Waals surface area contributed by atoms with Gasteiger partial charge in [0.15, 0.2) is 5.58 Å². The first kappa shape index (κ1) is 8.53.